The minimum Gasteiger partial charge on any atom is -0.466 e. The predicted molar refractivity (Wildman–Crippen MR) is 338 cm³/mol. The molecule has 6 nitrogen and oxygen atoms in total. The lowest BCUT2D eigenvalue weighted by atomic mass is 10.0. The van der Waals surface area contributed by atoms with E-state index < -0.39 is 12.1 Å². The Bertz CT molecular complexity index is 1250. The van der Waals surface area contributed by atoms with Crippen molar-refractivity contribution < 1.29 is 24.5 Å². The maximum atomic E-state index is 12.4. The topological polar surface area (TPSA) is 95.9 Å². The molecule has 6 heteroatoms. The second-order valence-electron chi connectivity index (χ2n) is 23.9. The standard InChI is InChI=1S/C71H135NO5/c1-3-5-7-9-11-13-15-41-45-49-53-57-61-65-71(76)77-66-62-58-54-50-46-43-40-38-36-34-32-30-28-26-24-22-20-18-16-17-19-21-23-25-27-29-31-33-35-37-39-42-44-48-52-56-60-64-70(75)72-68(67-73)69(74)63-59-55-51-47-14-12-10-8-6-4-2/h13,15-16,18,22,24,68-69,73-74H,3-12,14,17,19-21,23,25-67H2,1-2H3,(H,72,75)/b15-13-,18-16-,24-22-. The first-order chi connectivity index (χ1) is 38.0. The third kappa shape index (κ3) is 63.1. The van der Waals surface area contributed by atoms with E-state index >= 15 is 0 Å². The van der Waals surface area contributed by atoms with Gasteiger partial charge in [0.25, 0.3) is 0 Å². The van der Waals surface area contributed by atoms with Crippen LogP contribution < -0.4 is 5.32 Å². The number of nitrogens with one attached hydrogen (secondary N) is 1. The van der Waals surface area contributed by atoms with Gasteiger partial charge in [-0.25, -0.2) is 0 Å². The van der Waals surface area contributed by atoms with Crippen molar-refractivity contribution in [1.29, 1.82) is 0 Å². The molecule has 3 N–H and O–H groups in total. The molecular formula is C71H135NO5. The number of ether oxygens (including phenoxy) is 1. The number of aliphatic hydroxyl groups is 2. The Hall–Kier alpha value is -1.92. The fraction of sp³-hybridized carbons (Fsp3) is 0.887. The Morgan fingerprint density at radius 1 is 0.364 bits per heavy atom. The smallest absolute Gasteiger partial charge is 0.305 e. The lowest BCUT2D eigenvalue weighted by molar-refractivity contribution is -0.143. The van der Waals surface area contributed by atoms with Crippen LogP contribution in [0.25, 0.3) is 0 Å². The van der Waals surface area contributed by atoms with Crippen molar-refractivity contribution in [2.45, 2.75) is 392 Å². The molecule has 0 aromatic rings. The number of aliphatic hydroxyl groups excluding tert-OH is 2. The molecule has 0 rings (SSSR count). The highest BCUT2D eigenvalue weighted by molar-refractivity contribution is 5.76. The molecule has 0 aliphatic heterocycles. The van der Waals surface area contributed by atoms with Crippen LogP contribution in [0.15, 0.2) is 36.5 Å². The summed E-state index contributed by atoms with van der Waals surface area (Å²) in [5.74, 6) is -0.0229. The molecule has 0 aliphatic rings. The number of unbranched alkanes of at least 4 members (excludes halogenated alkanes) is 48. The number of carbonyl (C=O) groups is 2. The Labute approximate surface area is 481 Å². The minimum absolute atomic E-state index is 0.00958. The molecule has 0 heterocycles. The van der Waals surface area contributed by atoms with Crippen molar-refractivity contribution in [2.75, 3.05) is 13.2 Å². The van der Waals surface area contributed by atoms with Gasteiger partial charge < -0.3 is 20.3 Å². The van der Waals surface area contributed by atoms with Crippen molar-refractivity contribution in [3.05, 3.63) is 36.5 Å². The number of rotatable bonds is 65. The molecule has 0 aromatic carbocycles. The van der Waals surface area contributed by atoms with Crippen LogP contribution in [0.2, 0.25) is 0 Å². The molecule has 0 saturated heterocycles. The average molecular weight is 1080 g/mol. The summed E-state index contributed by atoms with van der Waals surface area (Å²) in [7, 11) is 0. The van der Waals surface area contributed by atoms with E-state index in [1.54, 1.807) is 0 Å². The fourth-order valence-corrected chi connectivity index (χ4v) is 10.8. The normalized spacial score (nSPS) is 12.7. The van der Waals surface area contributed by atoms with Crippen LogP contribution in [0.4, 0.5) is 0 Å². The van der Waals surface area contributed by atoms with Gasteiger partial charge in [-0.2, -0.15) is 0 Å². The number of carbonyl (C=O) groups excluding carboxylic acids is 2. The van der Waals surface area contributed by atoms with E-state index in [0.717, 1.165) is 51.4 Å². The predicted octanol–water partition coefficient (Wildman–Crippen LogP) is 22.3. The van der Waals surface area contributed by atoms with Gasteiger partial charge in [0, 0.05) is 12.8 Å². The zero-order valence-electron chi connectivity index (χ0n) is 52.0. The summed E-state index contributed by atoms with van der Waals surface area (Å²) < 4.78 is 5.48. The molecule has 0 saturated carbocycles. The second-order valence-corrected chi connectivity index (χ2v) is 23.9. The third-order valence-electron chi connectivity index (χ3n) is 16.2. The number of esters is 1. The van der Waals surface area contributed by atoms with E-state index in [0.29, 0.717) is 25.9 Å². The Morgan fingerprint density at radius 2 is 0.649 bits per heavy atom. The lowest BCUT2D eigenvalue weighted by Crippen LogP contribution is -2.45. The molecule has 0 spiro atoms. The highest BCUT2D eigenvalue weighted by Crippen LogP contribution is 2.18. The summed E-state index contributed by atoms with van der Waals surface area (Å²) in [4.78, 5) is 24.5. The lowest BCUT2D eigenvalue weighted by Gasteiger charge is -2.22. The SMILES string of the molecule is CCCCCC/C=C\CCCCCCCC(=O)OCCCCCCCCCCCCCCC/C=C\C/C=C\CCCCCCCCCCCCCCCCCCCC(=O)NC(CO)C(O)CCCCCCCCCCCC. The monoisotopic (exact) mass is 1080 g/mol. The molecule has 0 fully saturated rings. The van der Waals surface area contributed by atoms with E-state index in [1.165, 1.54) is 295 Å². The van der Waals surface area contributed by atoms with Gasteiger partial charge in [-0.05, 0) is 83.5 Å². The highest BCUT2D eigenvalue weighted by atomic mass is 16.5. The first-order valence-corrected chi connectivity index (χ1v) is 34.7. The minimum atomic E-state index is -0.660. The summed E-state index contributed by atoms with van der Waals surface area (Å²) >= 11 is 0. The van der Waals surface area contributed by atoms with Crippen LogP contribution in [0.5, 0.6) is 0 Å². The molecule has 0 bridgehead atoms. The quantitative estimate of drug-likeness (QED) is 0.0320. The van der Waals surface area contributed by atoms with E-state index in [4.69, 9.17) is 4.74 Å². The van der Waals surface area contributed by atoms with E-state index in [2.05, 4.69) is 55.6 Å². The summed E-state index contributed by atoms with van der Waals surface area (Å²) in [6, 6.07) is -0.537. The van der Waals surface area contributed by atoms with Crippen LogP contribution in [-0.4, -0.2) is 47.4 Å². The third-order valence-corrected chi connectivity index (χ3v) is 16.2. The van der Waals surface area contributed by atoms with Crippen LogP contribution in [0.1, 0.15) is 380 Å². The molecule has 77 heavy (non-hydrogen) atoms. The van der Waals surface area contributed by atoms with Gasteiger partial charge in [0.05, 0.1) is 25.4 Å². The maximum absolute atomic E-state index is 12.4. The number of hydrogen-bond donors (Lipinski definition) is 3. The van der Waals surface area contributed by atoms with Crippen LogP contribution in [0.3, 0.4) is 0 Å². The Morgan fingerprint density at radius 3 is 1.01 bits per heavy atom. The van der Waals surface area contributed by atoms with Gasteiger partial charge in [-0.3, -0.25) is 9.59 Å². The van der Waals surface area contributed by atoms with Gasteiger partial charge in [0.15, 0.2) is 0 Å². The molecule has 0 aromatic heterocycles. The average Bonchev–Trinajstić information content (AvgIpc) is 3.43. The van der Waals surface area contributed by atoms with Gasteiger partial charge in [-0.1, -0.05) is 320 Å². The van der Waals surface area contributed by atoms with E-state index in [9.17, 15) is 19.8 Å². The van der Waals surface area contributed by atoms with Crippen LogP contribution in [0, 0.1) is 0 Å². The summed E-state index contributed by atoms with van der Waals surface area (Å²) in [5, 5.41) is 23.2. The van der Waals surface area contributed by atoms with Crippen molar-refractivity contribution in [2.24, 2.45) is 0 Å². The van der Waals surface area contributed by atoms with Crippen molar-refractivity contribution in [3.8, 4) is 0 Å². The van der Waals surface area contributed by atoms with Gasteiger partial charge in [0.2, 0.25) is 5.91 Å². The largest absolute Gasteiger partial charge is 0.466 e. The van der Waals surface area contributed by atoms with E-state index in [-0.39, 0.29) is 18.5 Å². The van der Waals surface area contributed by atoms with Crippen LogP contribution >= 0.6 is 0 Å². The Kier molecular flexibility index (Phi) is 64.9. The zero-order valence-corrected chi connectivity index (χ0v) is 52.0. The van der Waals surface area contributed by atoms with Gasteiger partial charge in [0.1, 0.15) is 0 Å². The summed E-state index contributed by atoms with van der Waals surface area (Å²) in [5.41, 5.74) is 0. The second kappa shape index (κ2) is 66.6. The van der Waals surface area contributed by atoms with Crippen LogP contribution in [-0.2, 0) is 14.3 Å². The molecule has 2 unspecified atom stereocenters. The zero-order chi connectivity index (χ0) is 55.7. The molecule has 0 radical (unpaired) electrons. The van der Waals surface area contributed by atoms with Crippen molar-refractivity contribution in [1.82, 2.24) is 5.32 Å². The first kappa shape index (κ1) is 75.1. The van der Waals surface area contributed by atoms with Crippen molar-refractivity contribution >= 4 is 11.9 Å². The summed E-state index contributed by atoms with van der Waals surface area (Å²) in [6.45, 7) is 4.94. The number of hydrogen-bond acceptors (Lipinski definition) is 5. The van der Waals surface area contributed by atoms with Gasteiger partial charge in [-0.15, -0.1) is 0 Å². The molecule has 1 amide bonds. The highest BCUT2D eigenvalue weighted by Gasteiger charge is 2.20. The van der Waals surface area contributed by atoms with Crippen molar-refractivity contribution in [3.63, 3.8) is 0 Å². The fourth-order valence-electron chi connectivity index (χ4n) is 10.8. The first-order valence-electron chi connectivity index (χ1n) is 34.7. The number of allylic oxidation sites excluding steroid dienone is 6. The molecular weight excluding hydrogens is 947 g/mol. The summed E-state index contributed by atoms with van der Waals surface area (Å²) in [6.07, 6.45) is 85.0. The molecule has 0 aliphatic carbocycles. The maximum Gasteiger partial charge on any atom is 0.305 e. The molecule has 454 valence electrons. The molecule has 2 atom stereocenters. The Balaban J connectivity index is 3.34. The number of amides is 1. The van der Waals surface area contributed by atoms with Gasteiger partial charge >= 0.3 is 5.97 Å². The van der Waals surface area contributed by atoms with E-state index in [1.807, 2.05) is 0 Å².